The number of amides is 1. The van der Waals surface area contributed by atoms with Gasteiger partial charge < -0.3 is 9.88 Å². The van der Waals surface area contributed by atoms with Crippen molar-refractivity contribution in [3.05, 3.63) is 99.9 Å². The van der Waals surface area contributed by atoms with Gasteiger partial charge in [0, 0.05) is 30.0 Å². The molecule has 0 fully saturated rings. The Balaban J connectivity index is 1.59. The van der Waals surface area contributed by atoms with E-state index in [4.69, 9.17) is 0 Å². The molecule has 156 valence electrons. The lowest BCUT2D eigenvalue weighted by atomic mass is 10.1. The van der Waals surface area contributed by atoms with Gasteiger partial charge in [0.15, 0.2) is 0 Å². The second kappa shape index (κ2) is 9.14. The van der Waals surface area contributed by atoms with E-state index in [1.54, 1.807) is 54.0 Å². The third-order valence-electron chi connectivity index (χ3n) is 5.08. The van der Waals surface area contributed by atoms with Crippen LogP contribution in [0, 0.1) is 6.92 Å². The Hall–Kier alpha value is -3.45. The van der Waals surface area contributed by atoms with Crippen LogP contribution in [-0.4, -0.2) is 26.7 Å². The van der Waals surface area contributed by atoms with Crippen molar-refractivity contribution < 1.29 is 4.79 Å². The van der Waals surface area contributed by atoms with E-state index in [-0.39, 0.29) is 11.5 Å². The number of fused-ring (bicyclic) bond motifs is 1. The third kappa shape index (κ3) is 4.67. The fourth-order valence-electron chi connectivity index (χ4n) is 3.37. The number of thioether (sulfide) groups is 1. The van der Waals surface area contributed by atoms with Gasteiger partial charge >= 0.3 is 0 Å². The van der Waals surface area contributed by atoms with E-state index in [9.17, 15) is 9.59 Å². The normalized spacial score (nSPS) is 10.9. The number of rotatable bonds is 6. The van der Waals surface area contributed by atoms with Crippen molar-refractivity contribution >= 4 is 28.6 Å². The lowest BCUT2D eigenvalue weighted by Crippen LogP contribution is -2.25. The lowest BCUT2D eigenvalue weighted by molar-refractivity contribution is 0.0950. The van der Waals surface area contributed by atoms with Crippen LogP contribution in [0.4, 0.5) is 0 Å². The molecule has 0 bridgehead atoms. The fraction of sp³-hybridized carbons (Fsp3) is 0.167. The summed E-state index contributed by atoms with van der Waals surface area (Å²) in [5.74, 6) is -0.247. The lowest BCUT2D eigenvalue weighted by Gasteiger charge is -2.11. The van der Waals surface area contributed by atoms with Crippen molar-refractivity contribution in [2.24, 2.45) is 0 Å². The summed E-state index contributed by atoms with van der Waals surface area (Å²) in [6.45, 7) is 2.60. The van der Waals surface area contributed by atoms with Crippen molar-refractivity contribution in [1.82, 2.24) is 19.9 Å². The number of aryl methyl sites for hydroxylation is 1. The molecule has 0 aliphatic carbocycles. The second-order valence-corrected chi connectivity index (χ2v) is 8.07. The summed E-state index contributed by atoms with van der Waals surface area (Å²) < 4.78 is 1.60. The molecule has 4 rings (SSSR count). The minimum absolute atomic E-state index is 0.185. The first-order chi connectivity index (χ1) is 15.0. The van der Waals surface area contributed by atoms with Gasteiger partial charge in [0.1, 0.15) is 0 Å². The standard InChI is InChI=1S/C24H22N4O2S/c1-16-20(23(29)26-14-17-5-7-19(31-2)8-6-17)12-21-22(27-16)9-11-28(24(21)30)15-18-4-3-10-25-13-18/h3-13H,14-15H2,1-2H3,(H,26,29). The summed E-state index contributed by atoms with van der Waals surface area (Å²) in [4.78, 5) is 35.6. The van der Waals surface area contributed by atoms with Gasteiger partial charge in [0.25, 0.3) is 11.5 Å². The first-order valence-electron chi connectivity index (χ1n) is 9.86. The molecule has 0 aliphatic rings. The molecular weight excluding hydrogens is 408 g/mol. The summed E-state index contributed by atoms with van der Waals surface area (Å²) >= 11 is 1.67. The van der Waals surface area contributed by atoms with Gasteiger partial charge in [-0.15, -0.1) is 11.8 Å². The van der Waals surface area contributed by atoms with Gasteiger partial charge in [-0.2, -0.15) is 0 Å². The van der Waals surface area contributed by atoms with E-state index in [1.807, 2.05) is 42.7 Å². The maximum Gasteiger partial charge on any atom is 0.260 e. The Bertz CT molecular complexity index is 1280. The van der Waals surface area contributed by atoms with Crippen LogP contribution in [0.3, 0.4) is 0 Å². The Morgan fingerprint density at radius 1 is 1.13 bits per heavy atom. The van der Waals surface area contributed by atoms with Crippen LogP contribution in [0.5, 0.6) is 0 Å². The molecule has 1 aromatic carbocycles. The van der Waals surface area contributed by atoms with Crippen molar-refractivity contribution in [3.8, 4) is 0 Å². The van der Waals surface area contributed by atoms with Crippen molar-refractivity contribution in [2.75, 3.05) is 6.26 Å². The monoisotopic (exact) mass is 430 g/mol. The first kappa shape index (κ1) is 20.8. The van der Waals surface area contributed by atoms with Crippen LogP contribution in [0.25, 0.3) is 10.9 Å². The van der Waals surface area contributed by atoms with Gasteiger partial charge in [-0.1, -0.05) is 18.2 Å². The SMILES string of the molecule is CSc1ccc(CNC(=O)c2cc3c(=O)n(Cc4cccnc4)ccc3nc2C)cc1. The Kier molecular flexibility index (Phi) is 6.13. The van der Waals surface area contributed by atoms with Crippen LogP contribution >= 0.6 is 11.8 Å². The molecule has 1 N–H and O–H groups in total. The summed E-state index contributed by atoms with van der Waals surface area (Å²) in [6, 6.07) is 15.2. The Morgan fingerprint density at radius 3 is 2.65 bits per heavy atom. The van der Waals surface area contributed by atoms with Crippen LogP contribution in [0.2, 0.25) is 0 Å². The molecule has 3 heterocycles. The van der Waals surface area contributed by atoms with Crippen molar-refractivity contribution in [1.29, 1.82) is 0 Å². The van der Waals surface area contributed by atoms with E-state index in [0.717, 1.165) is 11.1 Å². The van der Waals surface area contributed by atoms with Crippen LogP contribution in [0.15, 0.2) is 76.8 Å². The minimum Gasteiger partial charge on any atom is -0.348 e. The van der Waals surface area contributed by atoms with E-state index >= 15 is 0 Å². The summed E-state index contributed by atoms with van der Waals surface area (Å²) in [5, 5.41) is 3.35. The molecule has 4 aromatic rings. The average Bonchev–Trinajstić information content (AvgIpc) is 2.80. The molecule has 0 spiro atoms. The maximum absolute atomic E-state index is 13.0. The number of nitrogens with zero attached hydrogens (tertiary/aromatic N) is 3. The van der Waals surface area contributed by atoms with Gasteiger partial charge in [-0.25, -0.2) is 0 Å². The number of benzene rings is 1. The van der Waals surface area contributed by atoms with Gasteiger partial charge in [0.05, 0.1) is 28.7 Å². The van der Waals surface area contributed by atoms with Crippen molar-refractivity contribution in [2.45, 2.75) is 24.9 Å². The van der Waals surface area contributed by atoms with Gasteiger partial charge in [-0.3, -0.25) is 19.6 Å². The molecule has 0 unspecified atom stereocenters. The molecule has 1 amide bonds. The predicted molar refractivity (Wildman–Crippen MR) is 123 cm³/mol. The Labute approximate surface area is 184 Å². The molecule has 0 atom stereocenters. The van der Waals surface area contributed by atoms with Crippen LogP contribution < -0.4 is 10.9 Å². The zero-order valence-electron chi connectivity index (χ0n) is 17.3. The molecule has 0 saturated carbocycles. The average molecular weight is 431 g/mol. The first-order valence-corrected chi connectivity index (χ1v) is 11.1. The molecular formula is C24H22N4O2S. The summed E-state index contributed by atoms with van der Waals surface area (Å²) in [6.07, 6.45) is 7.18. The number of aromatic nitrogens is 3. The highest BCUT2D eigenvalue weighted by Gasteiger charge is 2.14. The molecule has 0 radical (unpaired) electrons. The zero-order chi connectivity index (χ0) is 21.8. The topological polar surface area (TPSA) is 76.9 Å². The molecule has 31 heavy (non-hydrogen) atoms. The second-order valence-electron chi connectivity index (χ2n) is 7.19. The number of nitrogens with one attached hydrogen (secondary N) is 1. The minimum atomic E-state index is -0.247. The van der Waals surface area contributed by atoms with Crippen LogP contribution in [-0.2, 0) is 13.1 Å². The van der Waals surface area contributed by atoms with E-state index in [0.29, 0.717) is 35.2 Å². The van der Waals surface area contributed by atoms with E-state index in [1.165, 1.54) is 4.90 Å². The highest BCUT2D eigenvalue weighted by Crippen LogP contribution is 2.16. The zero-order valence-corrected chi connectivity index (χ0v) is 18.1. The number of carbonyl (C=O) groups excluding carboxylic acids is 1. The summed E-state index contributed by atoms with van der Waals surface area (Å²) in [7, 11) is 0. The maximum atomic E-state index is 13.0. The molecule has 7 heteroatoms. The van der Waals surface area contributed by atoms with Crippen molar-refractivity contribution in [3.63, 3.8) is 0 Å². The van der Waals surface area contributed by atoms with E-state index in [2.05, 4.69) is 15.3 Å². The van der Waals surface area contributed by atoms with E-state index < -0.39 is 0 Å². The smallest absolute Gasteiger partial charge is 0.260 e. The molecule has 3 aromatic heterocycles. The third-order valence-corrected chi connectivity index (χ3v) is 5.82. The Morgan fingerprint density at radius 2 is 1.94 bits per heavy atom. The molecule has 0 aliphatic heterocycles. The predicted octanol–water partition coefficient (Wildman–Crippen LogP) is 3.80. The quantitative estimate of drug-likeness (QED) is 0.471. The van der Waals surface area contributed by atoms with Crippen LogP contribution in [0.1, 0.15) is 27.2 Å². The highest BCUT2D eigenvalue weighted by atomic mass is 32.2. The fourth-order valence-corrected chi connectivity index (χ4v) is 3.78. The van der Waals surface area contributed by atoms with Gasteiger partial charge in [-0.05, 0) is 54.6 Å². The molecule has 6 nitrogen and oxygen atoms in total. The summed E-state index contributed by atoms with van der Waals surface area (Å²) in [5.41, 5.74) is 3.33. The highest BCUT2D eigenvalue weighted by molar-refractivity contribution is 7.98. The van der Waals surface area contributed by atoms with Gasteiger partial charge in [0.2, 0.25) is 0 Å². The number of hydrogen-bond acceptors (Lipinski definition) is 5. The largest absolute Gasteiger partial charge is 0.348 e. The number of carbonyl (C=O) groups is 1. The number of hydrogen-bond donors (Lipinski definition) is 1. The molecule has 0 saturated heterocycles. The number of pyridine rings is 3.